The minimum atomic E-state index is -3.15. The monoisotopic (exact) mass is 465 g/mol. The predicted molar refractivity (Wildman–Crippen MR) is 111 cm³/mol. The summed E-state index contributed by atoms with van der Waals surface area (Å²) in [6.07, 6.45) is 0.271. The van der Waals surface area contributed by atoms with Gasteiger partial charge in [0.2, 0.25) is 17.6 Å². The van der Waals surface area contributed by atoms with Gasteiger partial charge in [0.25, 0.3) is 0 Å². The van der Waals surface area contributed by atoms with E-state index in [2.05, 4.69) is 10.4 Å². The Bertz CT molecular complexity index is 1230. The topological polar surface area (TPSA) is 145 Å². The summed E-state index contributed by atoms with van der Waals surface area (Å²) in [7, 11) is -3.15. The van der Waals surface area contributed by atoms with E-state index < -0.39 is 44.0 Å². The molecule has 0 saturated carbocycles. The van der Waals surface area contributed by atoms with Crippen LogP contribution in [-0.2, 0) is 19.4 Å². The van der Waals surface area contributed by atoms with Crippen molar-refractivity contribution in [1.82, 2.24) is 9.78 Å². The zero-order valence-corrected chi connectivity index (χ0v) is 17.8. The van der Waals surface area contributed by atoms with E-state index in [1.807, 2.05) is 0 Å². The largest absolute Gasteiger partial charge is 0.311 e. The van der Waals surface area contributed by atoms with Crippen LogP contribution in [0.2, 0.25) is 0 Å². The molecule has 2 amide bonds. The van der Waals surface area contributed by atoms with Gasteiger partial charge in [-0.25, -0.2) is 13.1 Å². The fourth-order valence-corrected chi connectivity index (χ4v) is 5.72. The van der Waals surface area contributed by atoms with Crippen molar-refractivity contribution in [2.75, 3.05) is 28.3 Å². The minimum Gasteiger partial charge on any atom is -0.311 e. The molecule has 2 aliphatic rings. The number of carbonyl (C=O) groups excluding carboxylic acids is 2. The number of aryl methyl sites for hydroxylation is 1. The molecule has 13 heteroatoms. The van der Waals surface area contributed by atoms with E-state index in [4.69, 9.17) is 0 Å². The van der Waals surface area contributed by atoms with Gasteiger partial charge in [-0.15, -0.1) is 0 Å². The standard InChI is InChI=1S/C19H20FN5O6S/c1-11-6-17(24(22-11)14-4-5-32(30,31)10-14)21-19(27)12-7-18(26)23(9-12)13-2-3-15(20)16(8-13)25(28)29/h2-3,6,8,12,14H,4-5,7,9-10H2,1H3,(H,21,27). The van der Waals surface area contributed by atoms with E-state index in [9.17, 15) is 32.5 Å². The molecular weight excluding hydrogens is 445 g/mol. The van der Waals surface area contributed by atoms with Crippen molar-refractivity contribution in [2.45, 2.75) is 25.8 Å². The quantitative estimate of drug-likeness (QED) is 0.521. The molecule has 2 aliphatic heterocycles. The first kappa shape index (κ1) is 21.9. The van der Waals surface area contributed by atoms with E-state index in [0.29, 0.717) is 17.9 Å². The van der Waals surface area contributed by atoms with Crippen LogP contribution in [0.5, 0.6) is 0 Å². The number of nitrogens with one attached hydrogen (secondary N) is 1. The zero-order chi connectivity index (χ0) is 23.2. The van der Waals surface area contributed by atoms with Gasteiger partial charge in [0.15, 0.2) is 9.84 Å². The smallest absolute Gasteiger partial charge is 0.306 e. The first-order valence-corrected chi connectivity index (χ1v) is 11.7. The summed E-state index contributed by atoms with van der Waals surface area (Å²) in [6, 6.07) is 4.36. The summed E-state index contributed by atoms with van der Waals surface area (Å²) in [5.41, 5.74) is -0.0168. The molecule has 2 unspecified atom stereocenters. The molecule has 3 heterocycles. The van der Waals surface area contributed by atoms with Crippen LogP contribution < -0.4 is 10.2 Å². The molecule has 0 spiro atoms. The van der Waals surface area contributed by atoms with Gasteiger partial charge < -0.3 is 10.2 Å². The maximum absolute atomic E-state index is 13.6. The molecule has 11 nitrogen and oxygen atoms in total. The SMILES string of the molecule is Cc1cc(NC(=O)C2CC(=O)N(c3ccc(F)c([N+](=O)[O-])c3)C2)n(C2CCS(=O)(=O)C2)n1. The molecule has 32 heavy (non-hydrogen) atoms. The first-order valence-electron chi connectivity index (χ1n) is 9.86. The lowest BCUT2D eigenvalue weighted by molar-refractivity contribution is -0.387. The number of anilines is 2. The van der Waals surface area contributed by atoms with Crippen molar-refractivity contribution in [1.29, 1.82) is 0 Å². The summed E-state index contributed by atoms with van der Waals surface area (Å²) in [6.45, 7) is 1.69. The Hall–Kier alpha value is -3.35. The van der Waals surface area contributed by atoms with Gasteiger partial charge in [0.1, 0.15) is 5.82 Å². The molecule has 1 aromatic heterocycles. The van der Waals surface area contributed by atoms with Gasteiger partial charge in [0.05, 0.1) is 39.8 Å². The lowest BCUT2D eigenvalue weighted by Crippen LogP contribution is -2.29. The van der Waals surface area contributed by atoms with Crippen molar-refractivity contribution >= 4 is 38.8 Å². The average Bonchev–Trinajstić information content (AvgIpc) is 3.38. The molecule has 1 aromatic carbocycles. The summed E-state index contributed by atoms with van der Waals surface area (Å²) < 4.78 is 38.7. The number of nitro benzene ring substituents is 1. The van der Waals surface area contributed by atoms with Gasteiger partial charge in [-0.1, -0.05) is 0 Å². The Labute approximate surface area is 182 Å². The van der Waals surface area contributed by atoms with Crippen LogP contribution in [0.1, 0.15) is 24.6 Å². The lowest BCUT2D eigenvalue weighted by Gasteiger charge is -2.17. The molecule has 2 aromatic rings. The van der Waals surface area contributed by atoms with E-state index in [0.717, 1.165) is 12.1 Å². The van der Waals surface area contributed by atoms with Crippen LogP contribution in [0.25, 0.3) is 0 Å². The molecule has 2 fully saturated rings. The number of carbonyl (C=O) groups is 2. The predicted octanol–water partition coefficient (Wildman–Crippen LogP) is 1.59. The number of aromatic nitrogens is 2. The maximum Gasteiger partial charge on any atom is 0.306 e. The van der Waals surface area contributed by atoms with Crippen molar-refractivity contribution in [2.24, 2.45) is 5.92 Å². The number of amides is 2. The van der Waals surface area contributed by atoms with Gasteiger partial charge >= 0.3 is 5.69 Å². The van der Waals surface area contributed by atoms with Crippen LogP contribution >= 0.6 is 0 Å². The Morgan fingerprint density at radius 1 is 1.34 bits per heavy atom. The van der Waals surface area contributed by atoms with Crippen LogP contribution in [-0.4, -0.2) is 53.0 Å². The highest BCUT2D eigenvalue weighted by Crippen LogP contribution is 2.31. The summed E-state index contributed by atoms with van der Waals surface area (Å²) in [5.74, 6) is -2.30. The second-order valence-electron chi connectivity index (χ2n) is 7.96. The second-order valence-corrected chi connectivity index (χ2v) is 10.2. The third-order valence-electron chi connectivity index (χ3n) is 5.60. The van der Waals surface area contributed by atoms with Gasteiger partial charge in [0, 0.05) is 25.1 Å². The Kier molecular flexibility index (Phi) is 5.44. The normalized spacial score (nSPS) is 22.3. The first-order chi connectivity index (χ1) is 15.0. The molecule has 0 radical (unpaired) electrons. The number of sulfone groups is 1. The Morgan fingerprint density at radius 2 is 2.09 bits per heavy atom. The highest BCUT2D eigenvalue weighted by molar-refractivity contribution is 7.91. The third kappa shape index (κ3) is 4.20. The number of rotatable bonds is 5. The van der Waals surface area contributed by atoms with Gasteiger partial charge in [-0.3, -0.25) is 19.7 Å². The Balaban J connectivity index is 1.50. The van der Waals surface area contributed by atoms with Gasteiger partial charge in [-0.2, -0.15) is 9.49 Å². The van der Waals surface area contributed by atoms with Crippen LogP contribution in [0.4, 0.5) is 21.6 Å². The van der Waals surface area contributed by atoms with E-state index >= 15 is 0 Å². The second kappa shape index (κ2) is 7.97. The van der Waals surface area contributed by atoms with E-state index in [-0.39, 0.29) is 36.2 Å². The Morgan fingerprint density at radius 3 is 2.75 bits per heavy atom. The molecule has 2 atom stereocenters. The number of hydrogen-bond donors (Lipinski definition) is 1. The average molecular weight is 465 g/mol. The highest BCUT2D eigenvalue weighted by atomic mass is 32.2. The molecule has 2 saturated heterocycles. The minimum absolute atomic E-state index is 0.0294. The molecule has 0 bridgehead atoms. The fraction of sp³-hybridized carbons (Fsp3) is 0.421. The molecule has 4 rings (SSSR count). The van der Waals surface area contributed by atoms with Crippen LogP contribution in [0.3, 0.4) is 0 Å². The van der Waals surface area contributed by atoms with Crippen molar-refractivity contribution in [3.8, 4) is 0 Å². The van der Waals surface area contributed by atoms with Crippen molar-refractivity contribution in [3.63, 3.8) is 0 Å². The van der Waals surface area contributed by atoms with Crippen molar-refractivity contribution < 1.29 is 27.3 Å². The van der Waals surface area contributed by atoms with Crippen molar-refractivity contribution in [3.05, 3.63) is 45.9 Å². The van der Waals surface area contributed by atoms with Crippen LogP contribution in [0.15, 0.2) is 24.3 Å². The maximum atomic E-state index is 13.6. The highest BCUT2D eigenvalue weighted by Gasteiger charge is 2.37. The number of hydrogen-bond acceptors (Lipinski definition) is 7. The molecule has 1 N–H and O–H groups in total. The summed E-state index contributed by atoms with van der Waals surface area (Å²) in [5, 5.41) is 18.0. The number of nitro groups is 1. The fourth-order valence-electron chi connectivity index (χ4n) is 4.03. The molecule has 0 aliphatic carbocycles. The van der Waals surface area contributed by atoms with Gasteiger partial charge in [-0.05, 0) is 25.5 Å². The number of nitrogens with zero attached hydrogens (tertiary/aromatic N) is 4. The van der Waals surface area contributed by atoms with E-state index in [1.165, 1.54) is 15.6 Å². The summed E-state index contributed by atoms with van der Waals surface area (Å²) in [4.78, 5) is 36.6. The lowest BCUT2D eigenvalue weighted by atomic mass is 10.1. The summed E-state index contributed by atoms with van der Waals surface area (Å²) >= 11 is 0. The molecular formula is C19H20FN5O6S. The number of benzene rings is 1. The number of halogens is 1. The zero-order valence-electron chi connectivity index (χ0n) is 17.0. The third-order valence-corrected chi connectivity index (χ3v) is 7.35. The van der Waals surface area contributed by atoms with E-state index in [1.54, 1.807) is 13.0 Å². The van der Waals surface area contributed by atoms with Crippen LogP contribution in [0, 0.1) is 28.8 Å². The molecule has 170 valence electrons.